The molecule has 0 unspecified atom stereocenters. The lowest BCUT2D eigenvalue weighted by Crippen LogP contribution is -2.31. The van der Waals surface area contributed by atoms with Gasteiger partial charge in [-0.25, -0.2) is 0 Å². The summed E-state index contributed by atoms with van der Waals surface area (Å²) in [6, 6.07) is 23.4. The highest BCUT2D eigenvalue weighted by molar-refractivity contribution is 5.88. The number of hydrogen-bond acceptors (Lipinski definition) is 18. The highest BCUT2D eigenvalue weighted by Crippen LogP contribution is 2.61. The molecule has 6 N–H and O–H groups in total. The van der Waals surface area contributed by atoms with Crippen molar-refractivity contribution in [3.05, 3.63) is 95.1 Å². The fourth-order valence-electron chi connectivity index (χ4n) is 7.58. The summed E-state index contributed by atoms with van der Waals surface area (Å²) in [5.41, 5.74) is 3.58. The molecular weight excluding hydrogens is 877 g/mol. The van der Waals surface area contributed by atoms with Crippen LogP contribution in [0.15, 0.2) is 72.8 Å². The van der Waals surface area contributed by atoms with Crippen LogP contribution in [0.4, 0.5) is 0 Å². The molecule has 0 atom stereocenters. The van der Waals surface area contributed by atoms with E-state index in [9.17, 15) is 30.6 Å². The molecule has 370 valence electrons. The van der Waals surface area contributed by atoms with Gasteiger partial charge < -0.3 is 87.5 Å². The smallest absolute Gasteiger partial charge is 0.165 e. The third kappa shape index (κ3) is 15.1. The van der Waals surface area contributed by atoms with Crippen molar-refractivity contribution in [2.75, 3.05) is 159 Å². The predicted octanol–water partition coefficient (Wildman–Crippen LogP) is 2.38. The molecule has 0 saturated heterocycles. The maximum absolute atomic E-state index is 9.46. The topological polar surface area (TPSA) is 232 Å². The van der Waals surface area contributed by atoms with Gasteiger partial charge in [0.05, 0.1) is 124 Å². The van der Waals surface area contributed by atoms with Crippen molar-refractivity contribution in [2.24, 2.45) is 0 Å². The molecule has 1 aliphatic carbocycles. The van der Waals surface area contributed by atoms with Crippen LogP contribution in [0.25, 0.3) is 11.1 Å². The molecule has 0 aromatic heterocycles. The van der Waals surface area contributed by atoms with Crippen molar-refractivity contribution in [3.63, 3.8) is 0 Å². The Hall–Kier alpha value is -4.80. The van der Waals surface area contributed by atoms with Crippen LogP contribution in [0.1, 0.15) is 22.3 Å². The molecule has 18 nitrogen and oxygen atoms in total. The fraction of sp³-hybridized carbons (Fsp3) is 0.510. The summed E-state index contributed by atoms with van der Waals surface area (Å²) < 4.78 is 72.5. The van der Waals surface area contributed by atoms with Crippen molar-refractivity contribution >= 4 is 0 Å². The Kier molecular flexibility index (Phi) is 24.2. The number of fused-ring (bicyclic) bond motifs is 3. The molecule has 0 radical (unpaired) electrons. The fourth-order valence-corrected chi connectivity index (χ4v) is 7.58. The Morgan fingerprint density at radius 1 is 0.269 bits per heavy atom. The molecule has 4 aromatic rings. The van der Waals surface area contributed by atoms with Crippen molar-refractivity contribution in [2.45, 2.75) is 5.41 Å². The van der Waals surface area contributed by atoms with Crippen LogP contribution in [0.2, 0.25) is 0 Å². The largest absolute Gasteiger partial charge is 0.491 e. The summed E-state index contributed by atoms with van der Waals surface area (Å²) in [5.74, 6) is 2.14. The Balaban J connectivity index is 1.82. The Morgan fingerprint density at radius 3 is 0.806 bits per heavy atom. The first-order valence-corrected chi connectivity index (χ1v) is 22.5. The normalized spacial score (nSPS) is 12.4. The van der Waals surface area contributed by atoms with Crippen LogP contribution in [-0.2, 0) is 33.8 Å². The van der Waals surface area contributed by atoms with E-state index in [-0.39, 0.29) is 159 Å². The number of benzene rings is 4. The first-order valence-electron chi connectivity index (χ1n) is 22.5. The Morgan fingerprint density at radius 2 is 0.522 bits per heavy atom. The SMILES string of the molecule is OCCOCCOc1cc(OCCOCCO)c(C2(c3cc(OCCOCCO)c(OCCOCCO)cc3OCCOCCO)c3ccccc3-c3ccccc32)cc1OCCOCCO. The number of aliphatic hydroxyl groups is 6. The zero-order valence-corrected chi connectivity index (χ0v) is 38.0. The molecule has 0 spiro atoms. The summed E-state index contributed by atoms with van der Waals surface area (Å²) in [6.07, 6.45) is 0. The van der Waals surface area contributed by atoms with Gasteiger partial charge in [-0.1, -0.05) is 48.5 Å². The molecule has 0 fully saturated rings. The second-order valence-electron chi connectivity index (χ2n) is 14.5. The summed E-state index contributed by atoms with van der Waals surface area (Å²) in [6.45, 7) is 1.42. The lowest BCUT2D eigenvalue weighted by atomic mass is 9.66. The molecule has 0 bridgehead atoms. The van der Waals surface area contributed by atoms with Gasteiger partial charge in [0.25, 0.3) is 0 Å². The number of hydrogen-bond donors (Lipinski definition) is 6. The van der Waals surface area contributed by atoms with E-state index in [2.05, 4.69) is 24.3 Å². The Bertz CT molecular complexity index is 1860. The van der Waals surface area contributed by atoms with E-state index in [0.717, 1.165) is 22.3 Å². The molecule has 0 saturated carbocycles. The molecule has 18 heteroatoms. The van der Waals surface area contributed by atoms with Gasteiger partial charge in [-0.3, -0.25) is 0 Å². The van der Waals surface area contributed by atoms with E-state index in [1.807, 2.05) is 36.4 Å². The van der Waals surface area contributed by atoms with Crippen LogP contribution in [0.5, 0.6) is 34.5 Å². The quantitative estimate of drug-likeness (QED) is 0.0312. The summed E-state index contributed by atoms with van der Waals surface area (Å²) in [5, 5.41) is 56.3. The van der Waals surface area contributed by atoms with Gasteiger partial charge in [0.1, 0.15) is 51.1 Å². The van der Waals surface area contributed by atoms with E-state index < -0.39 is 5.41 Å². The first-order chi connectivity index (χ1) is 33.1. The van der Waals surface area contributed by atoms with Crippen LogP contribution >= 0.6 is 0 Å². The highest BCUT2D eigenvalue weighted by atomic mass is 16.6. The summed E-state index contributed by atoms with van der Waals surface area (Å²) >= 11 is 0. The molecule has 5 rings (SSSR count). The van der Waals surface area contributed by atoms with Crippen LogP contribution in [0.3, 0.4) is 0 Å². The van der Waals surface area contributed by atoms with E-state index in [0.29, 0.717) is 45.6 Å². The average Bonchev–Trinajstić information content (AvgIpc) is 3.65. The second kappa shape index (κ2) is 30.6. The standard InChI is InChI=1S/C49H66O18/c50-9-15-56-21-27-62-43-35-47(66-31-25-60-19-13-54)45(64-29-23-58-17-11-52)33-41(43)49(39-7-3-1-5-37(39)38-6-2-4-8-40(38)49)42-34-46(65-30-24-59-18-12-53)48(67-32-26-61-20-14-55)36-44(42)63-28-22-57-16-10-51/h1-8,33-36,50-55H,9-32H2. The van der Waals surface area contributed by atoms with Gasteiger partial charge in [0.2, 0.25) is 0 Å². The minimum atomic E-state index is -1.27. The predicted molar refractivity (Wildman–Crippen MR) is 244 cm³/mol. The number of aliphatic hydroxyl groups excluding tert-OH is 6. The number of ether oxygens (including phenoxy) is 12. The maximum atomic E-state index is 9.46. The van der Waals surface area contributed by atoms with Gasteiger partial charge in [0.15, 0.2) is 23.0 Å². The van der Waals surface area contributed by atoms with Crippen LogP contribution < -0.4 is 28.4 Å². The zero-order valence-electron chi connectivity index (χ0n) is 38.0. The highest BCUT2D eigenvalue weighted by Gasteiger charge is 2.50. The second-order valence-corrected chi connectivity index (χ2v) is 14.5. The first kappa shape index (κ1) is 53.2. The van der Waals surface area contributed by atoms with E-state index >= 15 is 0 Å². The van der Waals surface area contributed by atoms with Crippen molar-refractivity contribution in [3.8, 4) is 45.6 Å². The molecule has 67 heavy (non-hydrogen) atoms. The van der Waals surface area contributed by atoms with Crippen molar-refractivity contribution in [1.82, 2.24) is 0 Å². The van der Waals surface area contributed by atoms with Crippen molar-refractivity contribution < 1.29 is 87.5 Å². The van der Waals surface area contributed by atoms with Gasteiger partial charge in [-0.05, 0) is 34.4 Å². The molecule has 0 amide bonds. The van der Waals surface area contributed by atoms with Crippen LogP contribution in [-0.4, -0.2) is 189 Å². The molecule has 4 aromatic carbocycles. The van der Waals surface area contributed by atoms with Gasteiger partial charge in [-0.15, -0.1) is 0 Å². The van der Waals surface area contributed by atoms with Gasteiger partial charge >= 0.3 is 0 Å². The van der Waals surface area contributed by atoms with E-state index in [1.165, 1.54) is 0 Å². The number of rotatable bonds is 38. The van der Waals surface area contributed by atoms with Crippen molar-refractivity contribution in [1.29, 1.82) is 0 Å². The third-order valence-electron chi connectivity index (χ3n) is 10.2. The van der Waals surface area contributed by atoms with Gasteiger partial charge in [-0.2, -0.15) is 0 Å². The lowest BCUT2D eigenvalue weighted by Gasteiger charge is -2.37. The molecule has 0 heterocycles. The average molecular weight is 943 g/mol. The zero-order chi connectivity index (χ0) is 47.4. The van der Waals surface area contributed by atoms with E-state index in [1.54, 1.807) is 12.1 Å². The molecule has 0 aliphatic heterocycles. The minimum absolute atomic E-state index is 0.0828. The summed E-state index contributed by atoms with van der Waals surface area (Å²) in [4.78, 5) is 0. The van der Waals surface area contributed by atoms with Gasteiger partial charge in [0, 0.05) is 23.3 Å². The molecular formula is C49H66O18. The lowest BCUT2D eigenvalue weighted by molar-refractivity contribution is 0.0636. The summed E-state index contributed by atoms with van der Waals surface area (Å²) in [7, 11) is 0. The third-order valence-corrected chi connectivity index (χ3v) is 10.2. The van der Waals surface area contributed by atoms with Crippen LogP contribution in [0, 0.1) is 0 Å². The van der Waals surface area contributed by atoms with E-state index in [4.69, 9.17) is 56.8 Å². The minimum Gasteiger partial charge on any atom is -0.491 e. The maximum Gasteiger partial charge on any atom is 0.165 e. The molecule has 1 aliphatic rings. The Labute approximate surface area is 391 Å². The monoisotopic (exact) mass is 942 g/mol.